The smallest absolute Gasteiger partial charge is 0.161 e. The van der Waals surface area contributed by atoms with E-state index in [0.717, 1.165) is 0 Å². The number of hydrogen-bond donors (Lipinski definition) is 0. The first-order valence-electron chi connectivity index (χ1n) is 12.1. The number of rotatable bonds is 2. The van der Waals surface area contributed by atoms with E-state index < -0.39 is 0 Å². The van der Waals surface area contributed by atoms with Crippen LogP contribution in [0.3, 0.4) is 0 Å². The molecule has 0 spiro atoms. The lowest BCUT2D eigenvalue weighted by molar-refractivity contribution is -0.610. The SMILES string of the molecule is Cc1c(-[n+]2c(C)cc3ccccc3c2C)cc(C(C)(C)C)cc1-[n+]1c(C)ccc2ccccc21. The third-order valence-corrected chi connectivity index (χ3v) is 7.14. The Morgan fingerprint density at radius 3 is 1.91 bits per heavy atom. The van der Waals surface area contributed by atoms with E-state index in [0.29, 0.717) is 0 Å². The van der Waals surface area contributed by atoms with Crippen molar-refractivity contribution in [2.24, 2.45) is 0 Å². The predicted molar refractivity (Wildman–Crippen MR) is 142 cm³/mol. The summed E-state index contributed by atoms with van der Waals surface area (Å²) in [5.41, 5.74) is 10.1. The van der Waals surface area contributed by atoms with Gasteiger partial charge in [0.25, 0.3) is 0 Å². The zero-order valence-electron chi connectivity index (χ0n) is 21.4. The Kier molecular flexibility index (Phi) is 5.28. The quantitative estimate of drug-likeness (QED) is 0.256. The lowest BCUT2D eigenvalue weighted by atomic mass is 9.85. The van der Waals surface area contributed by atoms with E-state index in [1.165, 1.54) is 61.3 Å². The second kappa shape index (κ2) is 8.06. The summed E-state index contributed by atoms with van der Waals surface area (Å²) in [6.07, 6.45) is 0. The standard InChI is InChI=1S/C32H34N2/c1-21-16-17-25-12-9-11-15-29(25)34(21)31-20-27(32(5,6)7)19-30(23(31)3)33-22(2)18-26-13-8-10-14-28(26)24(33)4/h8-20H,1-7H3/q+2. The van der Waals surface area contributed by atoms with Gasteiger partial charge in [-0.05, 0) is 41.5 Å². The van der Waals surface area contributed by atoms with Gasteiger partial charge in [0, 0.05) is 61.9 Å². The van der Waals surface area contributed by atoms with E-state index >= 15 is 0 Å². The summed E-state index contributed by atoms with van der Waals surface area (Å²) in [7, 11) is 0. The molecular formula is C32H34N2+2. The number of para-hydroxylation sites is 1. The Hall–Kier alpha value is -3.52. The Morgan fingerprint density at radius 2 is 1.21 bits per heavy atom. The highest BCUT2D eigenvalue weighted by molar-refractivity contribution is 5.83. The second-order valence-electron chi connectivity index (χ2n) is 10.6. The molecule has 0 N–H and O–H groups in total. The van der Waals surface area contributed by atoms with E-state index in [1.54, 1.807) is 0 Å². The lowest BCUT2D eigenvalue weighted by Gasteiger charge is -2.21. The van der Waals surface area contributed by atoms with E-state index in [1.807, 2.05) is 0 Å². The minimum Gasteiger partial charge on any atom is -0.161 e. The van der Waals surface area contributed by atoms with Crippen molar-refractivity contribution in [1.82, 2.24) is 0 Å². The molecule has 2 nitrogen and oxygen atoms in total. The maximum atomic E-state index is 2.44. The highest BCUT2D eigenvalue weighted by atomic mass is 15.0. The van der Waals surface area contributed by atoms with E-state index in [9.17, 15) is 0 Å². The fourth-order valence-electron chi connectivity index (χ4n) is 5.21. The van der Waals surface area contributed by atoms with Crippen LogP contribution < -0.4 is 9.13 Å². The molecule has 0 amide bonds. The summed E-state index contributed by atoms with van der Waals surface area (Å²) >= 11 is 0. The van der Waals surface area contributed by atoms with Crippen molar-refractivity contribution in [2.45, 2.75) is 53.9 Å². The zero-order chi connectivity index (χ0) is 24.2. The Bertz CT molecular complexity index is 1570. The Balaban J connectivity index is 1.91. The van der Waals surface area contributed by atoms with E-state index in [2.05, 4.69) is 136 Å². The van der Waals surface area contributed by atoms with Crippen LogP contribution in [0.15, 0.2) is 78.9 Å². The van der Waals surface area contributed by atoms with Crippen molar-refractivity contribution < 1.29 is 9.13 Å². The van der Waals surface area contributed by atoms with Crippen LogP contribution in [0, 0.1) is 27.7 Å². The van der Waals surface area contributed by atoms with Crippen LogP contribution in [0.5, 0.6) is 0 Å². The molecule has 0 aliphatic carbocycles. The van der Waals surface area contributed by atoms with Crippen molar-refractivity contribution in [3.8, 4) is 11.4 Å². The largest absolute Gasteiger partial charge is 0.221 e. The summed E-state index contributed by atoms with van der Waals surface area (Å²) in [6.45, 7) is 15.8. The van der Waals surface area contributed by atoms with Gasteiger partial charge >= 0.3 is 0 Å². The minimum atomic E-state index is 0.0233. The van der Waals surface area contributed by atoms with Crippen molar-refractivity contribution in [1.29, 1.82) is 0 Å². The van der Waals surface area contributed by atoms with Gasteiger partial charge in [-0.2, -0.15) is 9.13 Å². The van der Waals surface area contributed by atoms with Crippen molar-refractivity contribution in [3.63, 3.8) is 0 Å². The molecule has 5 rings (SSSR count). The number of aromatic nitrogens is 2. The molecule has 2 heterocycles. The normalized spacial score (nSPS) is 12.0. The highest BCUT2D eigenvalue weighted by Gasteiger charge is 2.30. The summed E-state index contributed by atoms with van der Waals surface area (Å²) in [4.78, 5) is 0. The first-order chi connectivity index (χ1) is 16.2. The molecule has 0 radical (unpaired) electrons. The van der Waals surface area contributed by atoms with Crippen LogP contribution in [-0.4, -0.2) is 0 Å². The minimum absolute atomic E-state index is 0.0233. The average Bonchev–Trinajstić information content (AvgIpc) is 2.80. The number of aryl methyl sites for hydroxylation is 3. The molecule has 2 heteroatoms. The van der Waals surface area contributed by atoms with Crippen LogP contribution in [-0.2, 0) is 5.41 Å². The maximum Gasteiger partial charge on any atom is 0.221 e. The molecule has 34 heavy (non-hydrogen) atoms. The third kappa shape index (κ3) is 3.58. The molecule has 0 unspecified atom stereocenters. The van der Waals surface area contributed by atoms with Crippen molar-refractivity contribution in [3.05, 3.63) is 107 Å². The Labute approximate surface area is 203 Å². The predicted octanol–water partition coefficient (Wildman–Crippen LogP) is 7.08. The molecular weight excluding hydrogens is 412 g/mol. The van der Waals surface area contributed by atoms with Crippen LogP contribution >= 0.6 is 0 Å². The van der Waals surface area contributed by atoms with Crippen molar-refractivity contribution in [2.75, 3.05) is 0 Å². The van der Waals surface area contributed by atoms with Gasteiger partial charge in [-0.3, -0.25) is 0 Å². The summed E-state index contributed by atoms with van der Waals surface area (Å²) in [5, 5.41) is 3.84. The molecule has 2 aromatic heterocycles. The number of nitrogens with zero attached hydrogens (tertiary/aromatic N) is 2. The Morgan fingerprint density at radius 1 is 0.588 bits per heavy atom. The van der Waals surface area contributed by atoms with Crippen LogP contribution in [0.2, 0.25) is 0 Å². The van der Waals surface area contributed by atoms with Gasteiger partial charge in [0.05, 0.1) is 5.56 Å². The molecule has 5 aromatic rings. The maximum absolute atomic E-state index is 2.44. The van der Waals surface area contributed by atoms with Crippen molar-refractivity contribution >= 4 is 21.7 Å². The summed E-state index contributed by atoms with van der Waals surface area (Å²) < 4.78 is 4.87. The molecule has 0 aliphatic heterocycles. The van der Waals surface area contributed by atoms with E-state index in [-0.39, 0.29) is 5.41 Å². The van der Waals surface area contributed by atoms with E-state index in [4.69, 9.17) is 0 Å². The van der Waals surface area contributed by atoms with Crippen LogP contribution in [0.25, 0.3) is 33.1 Å². The molecule has 170 valence electrons. The third-order valence-electron chi connectivity index (χ3n) is 7.14. The van der Waals surface area contributed by atoms with Gasteiger partial charge in [-0.15, -0.1) is 0 Å². The molecule has 0 fully saturated rings. The number of pyridine rings is 2. The summed E-state index contributed by atoms with van der Waals surface area (Å²) in [5.74, 6) is 0. The van der Waals surface area contributed by atoms with Crippen LogP contribution in [0.4, 0.5) is 0 Å². The molecule has 3 aromatic carbocycles. The summed E-state index contributed by atoms with van der Waals surface area (Å²) in [6, 6.07) is 28.9. The number of hydrogen-bond acceptors (Lipinski definition) is 0. The van der Waals surface area contributed by atoms with Crippen LogP contribution in [0.1, 0.15) is 49.0 Å². The first kappa shape index (κ1) is 22.3. The van der Waals surface area contributed by atoms with Gasteiger partial charge in [0.1, 0.15) is 0 Å². The molecule has 0 saturated heterocycles. The van der Waals surface area contributed by atoms with Gasteiger partial charge in [-0.1, -0.05) is 51.1 Å². The van der Waals surface area contributed by atoms with Gasteiger partial charge in [0.2, 0.25) is 16.9 Å². The topological polar surface area (TPSA) is 7.76 Å². The number of fused-ring (bicyclic) bond motifs is 2. The van der Waals surface area contributed by atoms with Gasteiger partial charge < -0.3 is 0 Å². The van der Waals surface area contributed by atoms with Gasteiger partial charge in [0.15, 0.2) is 17.1 Å². The molecule has 0 atom stereocenters. The second-order valence-corrected chi connectivity index (χ2v) is 10.6. The molecule has 0 saturated carbocycles. The fraction of sp³-hybridized carbons (Fsp3) is 0.250. The van der Waals surface area contributed by atoms with Gasteiger partial charge in [-0.25, -0.2) is 0 Å². The molecule has 0 bridgehead atoms. The highest BCUT2D eigenvalue weighted by Crippen LogP contribution is 2.30. The lowest BCUT2D eigenvalue weighted by Crippen LogP contribution is -2.42. The monoisotopic (exact) mass is 446 g/mol. The first-order valence-corrected chi connectivity index (χ1v) is 12.1. The number of benzene rings is 3. The average molecular weight is 447 g/mol. The molecule has 0 aliphatic rings. The fourth-order valence-corrected chi connectivity index (χ4v) is 5.21. The zero-order valence-corrected chi connectivity index (χ0v) is 21.4.